The Hall–Kier alpha value is -0.410. The highest BCUT2D eigenvalue weighted by Gasteiger charge is 2.07. The maximum Gasteiger partial charge on any atom is 0.0798 e. The molecule has 56 valence electrons. The number of hydrogen-bond donors (Lipinski definition) is 1. The van der Waals surface area contributed by atoms with Gasteiger partial charge in [0.25, 0.3) is 0 Å². The van der Waals surface area contributed by atoms with E-state index in [4.69, 9.17) is 5.73 Å². The van der Waals surface area contributed by atoms with Crippen molar-refractivity contribution in [2.45, 2.75) is 26.3 Å². The summed E-state index contributed by atoms with van der Waals surface area (Å²) in [4.78, 5) is 5.35. The Balaban J connectivity index is 2.82. The van der Waals surface area contributed by atoms with E-state index >= 15 is 0 Å². The maximum atomic E-state index is 5.81. The van der Waals surface area contributed by atoms with Crippen LogP contribution in [0.1, 0.15) is 30.0 Å². The third-order valence-electron chi connectivity index (χ3n) is 1.56. The molecule has 0 spiro atoms. The van der Waals surface area contributed by atoms with E-state index in [0.717, 1.165) is 12.1 Å². The molecule has 1 aromatic rings. The molecular weight excluding hydrogens is 144 g/mol. The van der Waals surface area contributed by atoms with Crippen molar-refractivity contribution in [3.05, 3.63) is 16.1 Å². The van der Waals surface area contributed by atoms with Gasteiger partial charge in [-0.15, -0.1) is 11.3 Å². The Morgan fingerprint density at radius 2 is 2.50 bits per heavy atom. The van der Waals surface area contributed by atoms with E-state index < -0.39 is 0 Å². The fraction of sp³-hybridized carbons (Fsp3) is 0.571. The monoisotopic (exact) mass is 156 g/mol. The van der Waals surface area contributed by atoms with Crippen LogP contribution in [0.3, 0.4) is 0 Å². The Kier molecular flexibility index (Phi) is 2.40. The lowest BCUT2D eigenvalue weighted by Gasteiger charge is -2.04. The van der Waals surface area contributed by atoms with Gasteiger partial charge < -0.3 is 5.73 Å². The highest BCUT2D eigenvalue weighted by molar-refractivity contribution is 7.09. The summed E-state index contributed by atoms with van der Waals surface area (Å²) in [6.45, 7) is 4.09. The van der Waals surface area contributed by atoms with E-state index in [1.165, 1.54) is 4.88 Å². The van der Waals surface area contributed by atoms with Crippen LogP contribution in [0.25, 0.3) is 0 Å². The average Bonchev–Trinajstić information content (AvgIpc) is 2.34. The van der Waals surface area contributed by atoms with Gasteiger partial charge >= 0.3 is 0 Å². The summed E-state index contributed by atoms with van der Waals surface area (Å²) in [6.07, 6.45) is 0.989. The number of thiazole rings is 1. The summed E-state index contributed by atoms with van der Waals surface area (Å²) in [6, 6.07) is 0.187. The molecule has 0 aliphatic rings. The van der Waals surface area contributed by atoms with Crippen LogP contribution in [0.5, 0.6) is 0 Å². The minimum atomic E-state index is 0.187. The van der Waals surface area contributed by atoms with Crippen molar-refractivity contribution in [3.63, 3.8) is 0 Å². The van der Waals surface area contributed by atoms with Crippen molar-refractivity contribution < 1.29 is 0 Å². The predicted octanol–water partition coefficient (Wildman–Crippen LogP) is 1.86. The van der Waals surface area contributed by atoms with Crippen LogP contribution < -0.4 is 5.73 Å². The molecule has 0 fully saturated rings. The molecule has 1 unspecified atom stereocenters. The number of aryl methyl sites for hydroxylation is 1. The normalized spacial score (nSPS) is 13.5. The van der Waals surface area contributed by atoms with Crippen LogP contribution in [0.2, 0.25) is 0 Å². The van der Waals surface area contributed by atoms with Crippen molar-refractivity contribution in [2.75, 3.05) is 0 Å². The van der Waals surface area contributed by atoms with Crippen molar-refractivity contribution in [1.29, 1.82) is 0 Å². The molecule has 0 bridgehead atoms. The first-order valence-electron chi connectivity index (χ1n) is 3.41. The number of nitrogens with zero attached hydrogens (tertiary/aromatic N) is 1. The molecular formula is C7H12N2S. The molecule has 10 heavy (non-hydrogen) atoms. The van der Waals surface area contributed by atoms with Crippen LogP contribution in [-0.4, -0.2) is 4.98 Å². The topological polar surface area (TPSA) is 38.9 Å². The van der Waals surface area contributed by atoms with E-state index in [1.807, 2.05) is 12.4 Å². The zero-order valence-corrected chi connectivity index (χ0v) is 7.11. The number of hydrogen-bond acceptors (Lipinski definition) is 3. The molecule has 0 saturated heterocycles. The average molecular weight is 156 g/mol. The lowest BCUT2D eigenvalue weighted by atomic mass is 10.2. The van der Waals surface area contributed by atoms with E-state index in [1.54, 1.807) is 11.3 Å². The third-order valence-corrected chi connectivity index (χ3v) is 2.62. The molecule has 1 heterocycles. The van der Waals surface area contributed by atoms with E-state index in [2.05, 4.69) is 11.9 Å². The molecule has 0 aromatic carbocycles. The SMILES string of the molecule is CCC(N)c1scnc1C. The number of nitrogens with two attached hydrogens (primary N) is 1. The molecule has 0 radical (unpaired) electrons. The molecule has 2 nitrogen and oxygen atoms in total. The smallest absolute Gasteiger partial charge is 0.0798 e. The van der Waals surface area contributed by atoms with Gasteiger partial charge in [0.1, 0.15) is 0 Å². The van der Waals surface area contributed by atoms with Crippen LogP contribution in [0, 0.1) is 6.92 Å². The van der Waals surface area contributed by atoms with Crippen LogP contribution in [-0.2, 0) is 0 Å². The van der Waals surface area contributed by atoms with Gasteiger partial charge in [-0.2, -0.15) is 0 Å². The van der Waals surface area contributed by atoms with Crippen LogP contribution in [0.15, 0.2) is 5.51 Å². The molecule has 0 amide bonds. The van der Waals surface area contributed by atoms with Gasteiger partial charge in [0.05, 0.1) is 11.2 Å². The van der Waals surface area contributed by atoms with Gasteiger partial charge in [0, 0.05) is 10.9 Å². The zero-order chi connectivity index (χ0) is 7.56. The van der Waals surface area contributed by atoms with Gasteiger partial charge in [-0.3, -0.25) is 0 Å². The van der Waals surface area contributed by atoms with Gasteiger partial charge in [0.2, 0.25) is 0 Å². The molecule has 1 atom stereocenters. The zero-order valence-electron chi connectivity index (χ0n) is 6.29. The fourth-order valence-electron chi connectivity index (χ4n) is 0.852. The largest absolute Gasteiger partial charge is 0.323 e. The second kappa shape index (κ2) is 3.12. The Morgan fingerprint density at radius 3 is 2.90 bits per heavy atom. The first-order valence-corrected chi connectivity index (χ1v) is 4.29. The summed E-state index contributed by atoms with van der Waals surface area (Å²) in [5.74, 6) is 0. The summed E-state index contributed by atoms with van der Waals surface area (Å²) in [7, 11) is 0. The van der Waals surface area contributed by atoms with Gasteiger partial charge in [-0.25, -0.2) is 4.98 Å². The van der Waals surface area contributed by atoms with Crippen LogP contribution >= 0.6 is 11.3 Å². The van der Waals surface area contributed by atoms with Gasteiger partial charge in [-0.05, 0) is 13.3 Å². The lowest BCUT2D eigenvalue weighted by molar-refractivity contribution is 0.705. The minimum Gasteiger partial charge on any atom is -0.323 e. The van der Waals surface area contributed by atoms with Gasteiger partial charge in [-0.1, -0.05) is 6.92 Å². The highest BCUT2D eigenvalue weighted by atomic mass is 32.1. The summed E-state index contributed by atoms with van der Waals surface area (Å²) in [5, 5.41) is 0. The second-order valence-corrected chi connectivity index (χ2v) is 3.20. The summed E-state index contributed by atoms with van der Waals surface area (Å²) >= 11 is 1.65. The number of rotatable bonds is 2. The predicted molar refractivity (Wildman–Crippen MR) is 44.1 cm³/mol. The Morgan fingerprint density at radius 1 is 1.80 bits per heavy atom. The summed E-state index contributed by atoms with van der Waals surface area (Å²) < 4.78 is 0. The quantitative estimate of drug-likeness (QED) is 0.709. The van der Waals surface area contributed by atoms with Gasteiger partial charge in [0.15, 0.2) is 0 Å². The van der Waals surface area contributed by atoms with Crippen molar-refractivity contribution in [2.24, 2.45) is 5.73 Å². The van der Waals surface area contributed by atoms with Crippen LogP contribution in [0.4, 0.5) is 0 Å². The first-order chi connectivity index (χ1) is 4.75. The molecule has 2 N–H and O–H groups in total. The molecule has 0 saturated carbocycles. The van der Waals surface area contributed by atoms with E-state index in [9.17, 15) is 0 Å². The summed E-state index contributed by atoms with van der Waals surface area (Å²) in [5.41, 5.74) is 8.74. The minimum absolute atomic E-state index is 0.187. The molecule has 1 aromatic heterocycles. The molecule has 1 rings (SSSR count). The lowest BCUT2D eigenvalue weighted by Crippen LogP contribution is -2.07. The number of aromatic nitrogens is 1. The van der Waals surface area contributed by atoms with E-state index in [0.29, 0.717) is 0 Å². The van der Waals surface area contributed by atoms with Crippen molar-refractivity contribution >= 4 is 11.3 Å². The van der Waals surface area contributed by atoms with Crippen molar-refractivity contribution in [1.82, 2.24) is 4.98 Å². The third kappa shape index (κ3) is 1.36. The fourth-order valence-corrected chi connectivity index (χ4v) is 1.74. The second-order valence-electron chi connectivity index (χ2n) is 2.32. The standard InChI is InChI=1S/C7H12N2S/c1-3-6(8)7-5(2)9-4-10-7/h4,6H,3,8H2,1-2H3. The molecule has 0 aliphatic heterocycles. The Labute approximate surface area is 65.1 Å². The molecule has 3 heteroatoms. The van der Waals surface area contributed by atoms with E-state index in [-0.39, 0.29) is 6.04 Å². The first kappa shape index (κ1) is 7.69. The highest BCUT2D eigenvalue weighted by Crippen LogP contribution is 2.21. The Bertz CT molecular complexity index is 207. The maximum absolute atomic E-state index is 5.81. The van der Waals surface area contributed by atoms with Crippen molar-refractivity contribution in [3.8, 4) is 0 Å². The molecule has 0 aliphatic carbocycles.